The van der Waals surface area contributed by atoms with Crippen LogP contribution in [0, 0.1) is 6.92 Å². The Balaban J connectivity index is 1.62. The lowest BCUT2D eigenvalue weighted by Crippen LogP contribution is -2.33. The molecule has 140 valence electrons. The van der Waals surface area contributed by atoms with E-state index in [1.54, 1.807) is 16.8 Å². The number of nitrogens with zero attached hydrogens (tertiary/aromatic N) is 3. The van der Waals surface area contributed by atoms with Gasteiger partial charge in [-0.25, -0.2) is 4.68 Å². The van der Waals surface area contributed by atoms with Crippen LogP contribution in [0.25, 0.3) is 0 Å². The van der Waals surface area contributed by atoms with Gasteiger partial charge in [0.05, 0.1) is 0 Å². The van der Waals surface area contributed by atoms with Crippen LogP contribution < -0.4 is 5.32 Å². The van der Waals surface area contributed by atoms with Gasteiger partial charge in [-0.15, -0.1) is 0 Å². The first kappa shape index (κ1) is 16.7. The first-order chi connectivity index (χ1) is 13.6. The molecule has 28 heavy (non-hydrogen) atoms. The summed E-state index contributed by atoms with van der Waals surface area (Å²) in [6, 6.07) is 15.1. The Bertz CT molecular complexity index is 1110. The molecule has 0 radical (unpaired) electrons. The number of aromatic hydroxyl groups is 1. The number of ketones is 1. The van der Waals surface area contributed by atoms with Crippen LogP contribution in [-0.2, 0) is 4.79 Å². The smallest absolute Gasteiger partial charge is 0.226 e. The van der Waals surface area contributed by atoms with E-state index in [4.69, 9.17) is 0 Å². The average Bonchev–Trinajstić information content (AvgIpc) is 3.14. The zero-order valence-electron chi connectivity index (χ0n) is 15.5. The largest absolute Gasteiger partial charge is 0.508 e. The van der Waals surface area contributed by atoms with Gasteiger partial charge in [0.2, 0.25) is 5.95 Å². The molecule has 0 spiro atoms. The van der Waals surface area contributed by atoms with Crippen LogP contribution in [0.4, 0.5) is 5.95 Å². The molecule has 1 aliphatic heterocycles. The number of carbonyl (C=O) groups is 1. The number of anilines is 1. The van der Waals surface area contributed by atoms with Crippen molar-refractivity contribution >= 4 is 11.7 Å². The van der Waals surface area contributed by atoms with E-state index < -0.39 is 0 Å². The number of hydrogen-bond donors (Lipinski definition) is 2. The molecular formula is C22H20N4O2. The van der Waals surface area contributed by atoms with E-state index in [2.05, 4.69) is 21.5 Å². The third-order valence-corrected chi connectivity index (χ3v) is 5.60. The summed E-state index contributed by atoms with van der Waals surface area (Å²) in [6.07, 6.45) is 2.52. The van der Waals surface area contributed by atoms with Gasteiger partial charge in [0.15, 0.2) is 5.78 Å². The fraction of sp³-hybridized carbons (Fsp3) is 0.227. The maximum absolute atomic E-state index is 13.3. The molecule has 1 aromatic heterocycles. The molecule has 6 heteroatoms. The third kappa shape index (κ3) is 2.60. The Morgan fingerprint density at radius 3 is 2.82 bits per heavy atom. The summed E-state index contributed by atoms with van der Waals surface area (Å²) in [7, 11) is 0. The summed E-state index contributed by atoms with van der Waals surface area (Å²) in [4.78, 5) is 17.6. The average molecular weight is 372 g/mol. The second-order valence-electron chi connectivity index (χ2n) is 7.45. The van der Waals surface area contributed by atoms with E-state index in [-0.39, 0.29) is 23.5 Å². The molecule has 2 aromatic carbocycles. The SMILES string of the molecule is Cc1cccc([C@H]2C3=C(C[C@H](c4ccccc4O)CC3=O)Nc3ncnn32)c1. The highest BCUT2D eigenvalue weighted by molar-refractivity contribution is 6.00. The van der Waals surface area contributed by atoms with E-state index >= 15 is 0 Å². The molecule has 6 nitrogen and oxygen atoms in total. The first-order valence-corrected chi connectivity index (χ1v) is 9.39. The van der Waals surface area contributed by atoms with Crippen LogP contribution in [0.2, 0.25) is 0 Å². The molecule has 0 unspecified atom stereocenters. The van der Waals surface area contributed by atoms with Crippen LogP contribution in [0.1, 0.15) is 41.5 Å². The first-order valence-electron chi connectivity index (χ1n) is 9.39. The van der Waals surface area contributed by atoms with Gasteiger partial charge in [0, 0.05) is 23.6 Å². The van der Waals surface area contributed by atoms with E-state index in [1.165, 1.54) is 6.33 Å². The van der Waals surface area contributed by atoms with Gasteiger partial charge in [0.25, 0.3) is 0 Å². The highest BCUT2D eigenvalue weighted by Gasteiger charge is 2.39. The molecule has 5 rings (SSSR count). The fourth-order valence-electron chi connectivity index (χ4n) is 4.35. The summed E-state index contributed by atoms with van der Waals surface area (Å²) < 4.78 is 1.78. The highest BCUT2D eigenvalue weighted by Crippen LogP contribution is 2.45. The molecular weight excluding hydrogens is 352 g/mol. The lowest BCUT2D eigenvalue weighted by molar-refractivity contribution is -0.116. The Morgan fingerprint density at radius 1 is 1.14 bits per heavy atom. The molecule has 0 fully saturated rings. The maximum Gasteiger partial charge on any atom is 0.226 e. The molecule has 0 saturated heterocycles. The summed E-state index contributed by atoms with van der Waals surface area (Å²) in [5.74, 6) is 0.886. The fourth-order valence-corrected chi connectivity index (χ4v) is 4.35. The van der Waals surface area contributed by atoms with E-state index in [0.29, 0.717) is 18.8 Å². The number of fused-ring (bicyclic) bond motifs is 1. The molecule has 2 atom stereocenters. The van der Waals surface area contributed by atoms with Crippen molar-refractivity contribution in [2.75, 3.05) is 5.32 Å². The Kier molecular flexibility index (Phi) is 3.79. The highest BCUT2D eigenvalue weighted by atomic mass is 16.3. The zero-order chi connectivity index (χ0) is 19.3. The van der Waals surface area contributed by atoms with Gasteiger partial charge in [-0.05, 0) is 30.5 Å². The number of rotatable bonds is 2. The standard InChI is InChI=1S/C22H20N4O2/c1-13-5-4-6-14(9-13)21-20-17(25-22-23-12-24-26(21)22)10-15(11-19(20)28)16-7-2-3-8-18(16)27/h2-9,12,15,21,27H,10-11H2,1H3,(H,23,24,25)/t15-,21-/m0/s1. The predicted molar refractivity (Wildman–Crippen MR) is 105 cm³/mol. The van der Waals surface area contributed by atoms with Crippen molar-refractivity contribution in [1.29, 1.82) is 0 Å². The number of carbonyl (C=O) groups excluding carboxylic acids is 1. The van der Waals surface area contributed by atoms with Crippen molar-refractivity contribution in [2.24, 2.45) is 0 Å². The van der Waals surface area contributed by atoms with E-state index in [1.807, 2.05) is 37.3 Å². The van der Waals surface area contributed by atoms with Gasteiger partial charge in [-0.1, -0.05) is 48.0 Å². The van der Waals surface area contributed by atoms with E-state index in [9.17, 15) is 9.90 Å². The minimum Gasteiger partial charge on any atom is -0.508 e. The van der Waals surface area contributed by atoms with Crippen molar-refractivity contribution < 1.29 is 9.90 Å². The minimum atomic E-state index is -0.286. The van der Waals surface area contributed by atoms with Gasteiger partial charge in [-0.2, -0.15) is 10.1 Å². The van der Waals surface area contributed by atoms with E-state index in [0.717, 1.165) is 28.0 Å². The molecule has 1 aliphatic carbocycles. The molecule has 3 aromatic rings. The number of para-hydroxylation sites is 1. The van der Waals surface area contributed by atoms with Gasteiger partial charge in [0.1, 0.15) is 18.1 Å². The Hall–Kier alpha value is -3.41. The molecule has 0 saturated carbocycles. The van der Waals surface area contributed by atoms with Gasteiger partial charge >= 0.3 is 0 Å². The topological polar surface area (TPSA) is 80.0 Å². The van der Waals surface area contributed by atoms with Crippen LogP contribution in [-0.4, -0.2) is 25.7 Å². The summed E-state index contributed by atoms with van der Waals surface area (Å²) in [6.45, 7) is 2.04. The summed E-state index contributed by atoms with van der Waals surface area (Å²) in [5.41, 5.74) is 4.58. The number of nitrogens with one attached hydrogen (secondary N) is 1. The van der Waals surface area contributed by atoms with Crippen LogP contribution in [0.3, 0.4) is 0 Å². The summed E-state index contributed by atoms with van der Waals surface area (Å²) >= 11 is 0. The number of phenolic OH excluding ortho intramolecular Hbond substituents is 1. The quantitative estimate of drug-likeness (QED) is 0.717. The monoisotopic (exact) mass is 372 g/mol. The van der Waals surface area contributed by atoms with Crippen LogP contribution >= 0.6 is 0 Å². The predicted octanol–water partition coefficient (Wildman–Crippen LogP) is 3.71. The third-order valence-electron chi connectivity index (χ3n) is 5.60. The normalized spacial score (nSPS) is 21.1. The number of hydrogen-bond acceptors (Lipinski definition) is 5. The van der Waals surface area contributed by atoms with Crippen molar-refractivity contribution in [2.45, 2.75) is 31.7 Å². The van der Waals surface area contributed by atoms with Gasteiger partial charge in [-0.3, -0.25) is 4.79 Å². The number of Topliss-reactive ketones (excluding diaryl/α,β-unsaturated/α-hetero) is 1. The van der Waals surface area contributed by atoms with Gasteiger partial charge < -0.3 is 10.4 Å². The number of allylic oxidation sites excluding steroid dienone is 2. The maximum atomic E-state index is 13.3. The Morgan fingerprint density at radius 2 is 2.00 bits per heavy atom. The molecule has 2 aliphatic rings. The van der Waals surface area contributed by atoms with Crippen LogP contribution in [0.5, 0.6) is 5.75 Å². The number of aromatic nitrogens is 3. The van der Waals surface area contributed by atoms with Crippen molar-refractivity contribution in [3.05, 3.63) is 82.8 Å². The minimum absolute atomic E-state index is 0.0624. The molecule has 0 bridgehead atoms. The zero-order valence-corrected chi connectivity index (χ0v) is 15.5. The van der Waals surface area contributed by atoms with Crippen molar-refractivity contribution in [1.82, 2.24) is 14.8 Å². The second kappa shape index (κ2) is 6.34. The molecule has 0 amide bonds. The number of benzene rings is 2. The Labute approximate surface area is 162 Å². The number of aryl methyl sites for hydroxylation is 1. The van der Waals surface area contributed by atoms with Crippen molar-refractivity contribution in [3.8, 4) is 5.75 Å². The van der Waals surface area contributed by atoms with Crippen molar-refractivity contribution in [3.63, 3.8) is 0 Å². The lowest BCUT2D eigenvalue weighted by atomic mass is 9.77. The number of phenols is 1. The molecule has 2 N–H and O–H groups in total. The van der Waals surface area contributed by atoms with Crippen LogP contribution in [0.15, 0.2) is 66.1 Å². The molecule has 2 heterocycles. The summed E-state index contributed by atoms with van der Waals surface area (Å²) in [5, 5.41) is 17.9. The second-order valence-corrected chi connectivity index (χ2v) is 7.45. The lowest BCUT2D eigenvalue weighted by Gasteiger charge is -2.35.